The summed E-state index contributed by atoms with van der Waals surface area (Å²) in [4.78, 5) is 17.7. The van der Waals surface area contributed by atoms with Gasteiger partial charge < -0.3 is 15.0 Å². The van der Waals surface area contributed by atoms with Gasteiger partial charge in [0.1, 0.15) is 0 Å². The van der Waals surface area contributed by atoms with Gasteiger partial charge in [-0.15, -0.1) is 24.0 Å². The molecule has 0 bridgehead atoms. The van der Waals surface area contributed by atoms with E-state index in [1.807, 2.05) is 18.9 Å². The Morgan fingerprint density at radius 2 is 1.95 bits per heavy atom. The quantitative estimate of drug-likeness (QED) is 0.345. The van der Waals surface area contributed by atoms with Gasteiger partial charge in [0.25, 0.3) is 0 Å². The third kappa shape index (κ3) is 6.64. The lowest BCUT2D eigenvalue weighted by Gasteiger charge is -2.23. The summed E-state index contributed by atoms with van der Waals surface area (Å²) in [7, 11) is 5.10. The van der Waals surface area contributed by atoms with Crippen molar-refractivity contribution in [2.24, 2.45) is 10.9 Å². The van der Waals surface area contributed by atoms with Gasteiger partial charge in [0.05, 0.1) is 13.0 Å². The molecule has 0 amide bonds. The van der Waals surface area contributed by atoms with E-state index in [1.54, 1.807) is 7.05 Å². The highest BCUT2D eigenvalue weighted by Crippen LogP contribution is 2.06. The maximum absolute atomic E-state index is 11.4. The molecule has 1 aromatic carbocycles. The fourth-order valence-corrected chi connectivity index (χ4v) is 1.96. The Kier molecular flexibility index (Phi) is 9.80. The van der Waals surface area contributed by atoms with Crippen LogP contribution in [0.4, 0.5) is 0 Å². The zero-order valence-corrected chi connectivity index (χ0v) is 16.3. The van der Waals surface area contributed by atoms with Crippen LogP contribution in [0, 0.1) is 12.8 Å². The second kappa shape index (κ2) is 10.4. The van der Waals surface area contributed by atoms with Gasteiger partial charge in [-0.1, -0.05) is 36.8 Å². The van der Waals surface area contributed by atoms with Crippen LogP contribution in [-0.4, -0.2) is 44.6 Å². The average molecular weight is 419 g/mol. The predicted octanol–water partition coefficient (Wildman–Crippen LogP) is 2.43. The van der Waals surface area contributed by atoms with Crippen LogP contribution < -0.4 is 5.32 Å². The molecule has 0 aliphatic heterocycles. The molecule has 0 radical (unpaired) electrons. The molecule has 1 atom stereocenters. The van der Waals surface area contributed by atoms with Gasteiger partial charge in [-0.3, -0.25) is 9.79 Å². The van der Waals surface area contributed by atoms with E-state index in [0.717, 1.165) is 12.5 Å². The van der Waals surface area contributed by atoms with E-state index in [0.29, 0.717) is 6.54 Å². The third-order valence-corrected chi connectivity index (χ3v) is 3.28. The predicted molar refractivity (Wildman–Crippen MR) is 101 cm³/mol. The monoisotopic (exact) mass is 419 g/mol. The Labute approximate surface area is 150 Å². The van der Waals surface area contributed by atoms with E-state index in [2.05, 4.69) is 41.5 Å². The number of methoxy groups -OCH3 is 1. The van der Waals surface area contributed by atoms with Crippen molar-refractivity contribution in [3.8, 4) is 0 Å². The summed E-state index contributed by atoms with van der Waals surface area (Å²) in [5, 5.41) is 3.19. The summed E-state index contributed by atoms with van der Waals surface area (Å²) < 4.78 is 4.71. The van der Waals surface area contributed by atoms with Crippen molar-refractivity contribution in [2.45, 2.75) is 20.4 Å². The molecule has 0 aliphatic rings. The number of hydrogen-bond donors (Lipinski definition) is 1. The Morgan fingerprint density at radius 3 is 2.45 bits per heavy atom. The largest absolute Gasteiger partial charge is 0.469 e. The molecule has 0 saturated carbocycles. The molecular weight excluding hydrogens is 393 g/mol. The normalized spacial score (nSPS) is 12.1. The van der Waals surface area contributed by atoms with E-state index < -0.39 is 0 Å². The molecule has 5 nitrogen and oxygen atoms in total. The highest BCUT2D eigenvalue weighted by molar-refractivity contribution is 14.0. The third-order valence-electron chi connectivity index (χ3n) is 3.28. The number of benzene rings is 1. The number of nitrogens with one attached hydrogen (secondary N) is 1. The van der Waals surface area contributed by atoms with Gasteiger partial charge in [0, 0.05) is 27.2 Å². The zero-order chi connectivity index (χ0) is 15.8. The van der Waals surface area contributed by atoms with E-state index in [-0.39, 0.29) is 35.9 Å². The number of carbonyl (C=O) groups is 1. The standard InChI is InChI=1S/C16H25N3O2.HI/c1-12-6-8-14(9-7-12)11-19(4)16(17-3)18-10-13(2)15(20)21-5;/h6-9,13H,10-11H2,1-5H3,(H,17,18);1H. The summed E-state index contributed by atoms with van der Waals surface area (Å²) in [5.41, 5.74) is 2.46. The molecule has 22 heavy (non-hydrogen) atoms. The number of aryl methyl sites for hydroxylation is 1. The first-order valence-electron chi connectivity index (χ1n) is 7.03. The molecule has 0 heterocycles. The lowest BCUT2D eigenvalue weighted by molar-refractivity contribution is -0.144. The maximum Gasteiger partial charge on any atom is 0.310 e. The van der Waals surface area contributed by atoms with Crippen LogP contribution in [0.25, 0.3) is 0 Å². The number of guanidine groups is 1. The maximum atomic E-state index is 11.4. The Morgan fingerprint density at radius 1 is 1.36 bits per heavy atom. The SMILES string of the molecule is CN=C(NCC(C)C(=O)OC)N(C)Cc1ccc(C)cc1.I. The van der Waals surface area contributed by atoms with Gasteiger partial charge in [-0.05, 0) is 12.5 Å². The van der Waals surface area contributed by atoms with Gasteiger partial charge in [0.2, 0.25) is 0 Å². The van der Waals surface area contributed by atoms with Crippen molar-refractivity contribution in [1.82, 2.24) is 10.2 Å². The van der Waals surface area contributed by atoms with Crippen LogP contribution in [0.1, 0.15) is 18.1 Å². The Balaban J connectivity index is 0.00000441. The lowest BCUT2D eigenvalue weighted by atomic mass is 10.1. The number of ether oxygens (including phenoxy) is 1. The Bertz CT molecular complexity index is 489. The van der Waals surface area contributed by atoms with Gasteiger partial charge in [-0.2, -0.15) is 0 Å². The molecule has 0 spiro atoms. The zero-order valence-electron chi connectivity index (χ0n) is 13.9. The minimum atomic E-state index is -0.223. The van der Waals surface area contributed by atoms with Crippen LogP contribution in [0.3, 0.4) is 0 Å². The number of halogens is 1. The Hall–Kier alpha value is -1.31. The topological polar surface area (TPSA) is 53.9 Å². The highest BCUT2D eigenvalue weighted by Gasteiger charge is 2.14. The van der Waals surface area contributed by atoms with E-state index >= 15 is 0 Å². The molecule has 124 valence electrons. The number of hydrogen-bond acceptors (Lipinski definition) is 3. The average Bonchev–Trinajstić information content (AvgIpc) is 2.49. The van der Waals surface area contributed by atoms with Gasteiger partial charge in [0.15, 0.2) is 5.96 Å². The number of rotatable bonds is 5. The van der Waals surface area contributed by atoms with Crippen molar-refractivity contribution < 1.29 is 9.53 Å². The van der Waals surface area contributed by atoms with E-state index in [4.69, 9.17) is 4.74 Å². The molecule has 0 fully saturated rings. The van der Waals surface area contributed by atoms with Crippen LogP contribution in [0.5, 0.6) is 0 Å². The van der Waals surface area contributed by atoms with Crippen LogP contribution in [0.2, 0.25) is 0 Å². The number of carbonyl (C=O) groups excluding carboxylic acids is 1. The van der Waals surface area contributed by atoms with Gasteiger partial charge >= 0.3 is 5.97 Å². The van der Waals surface area contributed by atoms with Crippen molar-refractivity contribution in [1.29, 1.82) is 0 Å². The number of nitrogens with zero attached hydrogens (tertiary/aromatic N) is 2. The first-order chi connectivity index (χ1) is 9.97. The summed E-state index contributed by atoms with van der Waals surface area (Å²) in [6.07, 6.45) is 0. The minimum Gasteiger partial charge on any atom is -0.469 e. The van der Waals surface area contributed by atoms with Gasteiger partial charge in [-0.25, -0.2) is 0 Å². The summed E-state index contributed by atoms with van der Waals surface area (Å²) in [6.45, 7) is 5.15. The van der Waals surface area contributed by atoms with Crippen LogP contribution in [-0.2, 0) is 16.1 Å². The molecule has 1 unspecified atom stereocenters. The number of aliphatic imine (C=N–C) groups is 1. The fraction of sp³-hybridized carbons (Fsp3) is 0.500. The van der Waals surface area contributed by atoms with Crippen molar-refractivity contribution in [3.05, 3.63) is 35.4 Å². The second-order valence-corrected chi connectivity index (χ2v) is 5.19. The summed E-state index contributed by atoms with van der Waals surface area (Å²) >= 11 is 0. The molecule has 1 aromatic rings. The molecular formula is C16H26IN3O2. The molecule has 0 aromatic heterocycles. The first-order valence-corrected chi connectivity index (χ1v) is 7.03. The van der Waals surface area contributed by atoms with Crippen molar-refractivity contribution >= 4 is 35.9 Å². The molecule has 1 rings (SSSR count). The molecule has 0 aliphatic carbocycles. The van der Waals surface area contributed by atoms with Crippen LogP contribution in [0.15, 0.2) is 29.3 Å². The van der Waals surface area contributed by atoms with Crippen molar-refractivity contribution in [2.75, 3.05) is 27.7 Å². The summed E-state index contributed by atoms with van der Waals surface area (Å²) in [6, 6.07) is 8.41. The van der Waals surface area contributed by atoms with E-state index in [1.165, 1.54) is 18.2 Å². The first kappa shape index (κ1) is 20.7. The molecule has 6 heteroatoms. The molecule has 0 saturated heterocycles. The lowest BCUT2D eigenvalue weighted by Crippen LogP contribution is -2.41. The smallest absolute Gasteiger partial charge is 0.310 e. The van der Waals surface area contributed by atoms with E-state index in [9.17, 15) is 4.79 Å². The van der Waals surface area contributed by atoms with Crippen molar-refractivity contribution in [3.63, 3.8) is 0 Å². The fourth-order valence-electron chi connectivity index (χ4n) is 1.96. The highest BCUT2D eigenvalue weighted by atomic mass is 127. The second-order valence-electron chi connectivity index (χ2n) is 5.19. The number of esters is 1. The minimum absolute atomic E-state index is 0. The molecule has 1 N–H and O–H groups in total. The van der Waals surface area contributed by atoms with Crippen LogP contribution >= 0.6 is 24.0 Å². The summed E-state index contributed by atoms with van der Waals surface area (Å²) in [5.74, 6) is 0.324.